The normalized spacial score (nSPS) is 12.1. The van der Waals surface area contributed by atoms with Crippen molar-refractivity contribution in [3.8, 4) is 0 Å². The van der Waals surface area contributed by atoms with Gasteiger partial charge in [0.1, 0.15) is 11.8 Å². The van der Waals surface area contributed by atoms with Gasteiger partial charge in [0.15, 0.2) is 11.8 Å². The number of rotatable bonds is 5. The number of carbonyl (C=O) groups excluding carboxylic acids is 1. The average molecular weight is 261 g/mol. The van der Waals surface area contributed by atoms with Gasteiger partial charge < -0.3 is 15.0 Å². The van der Waals surface area contributed by atoms with Crippen molar-refractivity contribution in [2.75, 3.05) is 6.61 Å². The number of hydrogen-bond donors (Lipinski definition) is 0. The summed E-state index contributed by atoms with van der Waals surface area (Å²) in [5.74, 6) is -0.818. The quantitative estimate of drug-likeness (QED) is 0.609. The number of aromatic nitrogens is 2. The summed E-state index contributed by atoms with van der Waals surface area (Å²) in [6.45, 7) is 2.38. The van der Waals surface area contributed by atoms with E-state index in [4.69, 9.17) is 10.5 Å². The van der Waals surface area contributed by atoms with E-state index in [2.05, 4.69) is 9.79 Å². The van der Waals surface area contributed by atoms with Gasteiger partial charge >= 0.3 is 5.97 Å². The highest BCUT2D eigenvalue weighted by molar-refractivity contribution is 5.77. The van der Waals surface area contributed by atoms with E-state index in [-0.39, 0.29) is 18.4 Å². The highest BCUT2D eigenvalue weighted by Crippen LogP contribution is 2.18. The SMILES string of the molecule is CCOC(=O)C(C[n+]1cc([NH-])on1)c1ccccc1. The fourth-order valence-electron chi connectivity index (χ4n) is 1.80. The maximum absolute atomic E-state index is 12.0. The Balaban J connectivity index is 2.22. The molecule has 0 aliphatic carbocycles. The molecule has 6 heteroatoms. The first-order chi connectivity index (χ1) is 9.20. The Bertz CT molecular complexity index is 539. The lowest BCUT2D eigenvalue weighted by molar-refractivity contribution is -0.763. The van der Waals surface area contributed by atoms with Crippen molar-refractivity contribution in [2.45, 2.75) is 19.4 Å². The van der Waals surface area contributed by atoms with Gasteiger partial charge in [0, 0.05) is 0 Å². The van der Waals surface area contributed by atoms with Gasteiger partial charge in [-0.15, -0.1) is 0 Å². The van der Waals surface area contributed by atoms with Gasteiger partial charge in [0.25, 0.3) is 0 Å². The van der Waals surface area contributed by atoms with Crippen molar-refractivity contribution < 1.29 is 18.7 Å². The van der Waals surface area contributed by atoms with Gasteiger partial charge in [0.05, 0.1) is 6.61 Å². The van der Waals surface area contributed by atoms with Crippen LogP contribution in [0.25, 0.3) is 5.73 Å². The van der Waals surface area contributed by atoms with Crippen molar-refractivity contribution in [2.24, 2.45) is 0 Å². The molecule has 0 aliphatic rings. The van der Waals surface area contributed by atoms with Crippen LogP contribution in [0.3, 0.4) is 0 Å². The van der Waals surface area contributed by atoms with E-state index >= 15 is 0 Å². The fraction of sp³-hybridized carbons (Fsp3) is 0.308. The minimum Gasteiger partial charge on any atom is -0.660 e. The van der Waals surface area contributed by atoms with Gasteiger partial charge in [-0.1, -0.05) is 35.0 Å². The highest BCUT2D eigenvalue weighted by Gasteiger charge is 2.27. The molecule has 1 N–H and O–H groups in total. The third-order valence-corrected chi connectivity index (χ3v) is 2.65. The Labute approximate surface area is 110 Å². The van der Waals surface area contributed by atoms with E-state index in [9.17, 15) is 4.79 Å². The molecular weight excluding hydrogens is 246 g/mol. The molecule has 0 spiro atoms. The average Bonchev–Trinajstić information content (AvgIpc) is 2.83. The molecule has 1 aromatic heterocycles. The molecule has 1 aromatic carbocycles. The molecule has 2 rings (SSSR count). The number of esters is 1. The van der Waals surface area contributed by atoms with Crippen LogP contribution in [0.4, 0.5) is 5.88 Å². The second kappa shape index (κ2) is 5.99. The lowest BCUT2D eigenvalue weighted by Gasteiger charge is -2.11. The first-order valence-electron chi connectivity index (χ1n) is 6.00. The van der Waals surface area contributed by atoms with E-state index in [1.807, 2.05) is 30.3 Å². The Morgan fingerprint density at radius 3 is 2.79 bits per heavy atom. The monoisotopic (exact) mass is 261 g/mol. The Hall–Kier alpha value is -2.37. The molecule has 100 valence electrons. The van der Waals surface area contributed by atoms with Crippen molar-refractivity contribution >= 4 is 11.9 Å². The predicted octanol–water partition coefficient (Wildman–Crippen LogP) is 1.99. The molecule has 0 saturated heterocycles. The van der Waals surface area contributed by atoms with Crippen LogP contribution in [0.15, 0.2) is 41.1 Å². The van der Waals surface area contributed by atoms with Crippen molar-refractivity contribution in [1.29, 1.82) is 0 Å². The number of benzene rings is 1. The fourth-order valence-corrected chi connectivity index (χ4v) is 1.80. The minimum absolute atomic E-state index is 0.0457. The van der Waals surface area contributed by atoms with Gasteiger partial charge in [-0.3, -0.25) is 4.79 Å². The van der Waals surface area contributed by atoms with Crippen molar-refractivity contribution in [3.63, 3.8) is 0 Å². The molecule has 0 amide bonds. The molecule has 1 atom stereocenters. The Kier molecular flexibility index (Phi) is 4.12. The van der Waals surface area contributed by atoms with Crippen LogP contribution in [-0.4, -0.2) is 17.8 Å². The topological polar surface area (TPSA) is 80.0 Å². The number of nitrogens with zero attached hydrogens (tertiary/aromatic N) is 2. The third-order valence-electron chi connectivity index (χ3n) is 2.65. The zero-order valence-electron chi connectivity index (χ0n) is 10.6. The lowest BCUT2D eigenvalue weighted by Crippen LogP contribution is -2.40. The molecule has 0 bridgehead atoms. The molecule has 0 radical (unpaired) electrons. The van der Waals surface area contributed by atoms with Gasteiger partial charge in [-0.05, 0) is 12.5 Å². The molecule has 0 aliphatic heterocycles. The molecule has 6 nitrogen and oxygen atoms in total. The summed E-state index contributed by atoms with van der Waals surface area (Å²) >= 11 is 0. The summed E-state index contributed by atoms with van der Waals surface area (Å²) in [7, 11) is 0. The number of hydrogen-bond acceptors (Lipinski definition) is 4. The van der Waals surface area contributed by atoms with E-state index in [0.29, 0.717) is 6.61 Å². The summed E-state index contributed by atoms with van der Waals surface area (Å²) in [5.41, 5.74) is 8.14. The first-order valence-corrected chi connectivity index (χ1v) is 6.00. The third kappa shape index (κ3) is 3.31. The van der Waals surface area contributed by atoms with Crippen LogP contribution >= 0.6 is 0 Å². The zero-order chi connectivity index (χ0) is 13.7. The molecule has 19 heavy (non-hydrogen) atoms. The molecule has 0 fully saturated rings. The largest absolute Gasteiger partial charge is 0.660 e. The summed E-state index contributed by atoms with van der Waals surface area (Å²) in [5, 5.41) is 3.67. The van der Waals surface area contributed by atoms with E-state index < -0.39 is 5.92 Å². The molecule has 1 unspecified atom stereocenters. The number of nitrogens with one attached hydrogen (secondary N) is 1. The molecule has 2 aromatic rings. The Morgan fingerprint density at radius 1 is 1.47 bits per heavy atom. The summed E-state index contributed by atoms with van der Waals surface area (Å²) in [6, 6.07) is 9.35. The standard InChI is InChI=1S/C13H15N3O3/c1-2-18-13(17)11(10-6-4-3-5-7-10)8-16-9-12(14)19-15-16/h3-7,9,11H,2,8H2,1H3,(H-,14,15). The van der Waals surface area contributed by atoms with E-state index in [1.54, 1.807) is 6.92 Å². The molecule has 0 saturated carbocycles. The van der Waals surface area contributed by atoms with Crippen LogP contribution in [0.2, 0.25) is 0 Å². The van der Waals surface area contributed by atoms with Gasteiger partial charge in [0.2, 0.25) is 6.20 Å². The smallest absolute Gasteiger partial charge is 0.320 e. The first kappa shape index (κ1) is 13.1. The van der Waals surface area contributed by atoms with E-state index in [1.165, 1.54) is 10.9 Å². The van der Waals surface area contributed by atoms with Crippen LogP contribution < -0.4 is 4.68 Å². The zero-order valence-corrected chi connectivity index (χ0v) is 10.6. The van der Waals surface area contributed by atoms with Crippen LogP contribution in [0, 0.1) is 0 Å². The van der Waals surface area contributed by atoms with Crippen molar-refractivity contribution in [3.05, 3.63) is 47.8 Å². The summed E-state index contributed by atoms with van der Waals surface area (Å²) in [4.78, 5) is 12.0. The maximum atomic E-state index is 12.0. The second-order valence-corrected chi connectivity index (χ2v) is 4.00. The molecular formula is C13H15N3O3. The predicted molar refractivity (Wildman–Crippen MR) is 66.5 cm³/mol. The minimum atomic E-state index is -0.462. The number of carbonyl (C=O) groups is 1. The summed E-state index contributed by atoms with van der Waals surface area (Å²) < 4.78 is 11.2. The lowest BCUT2D eigenvalue weighted by atomic mass is 9.99. The van der Waals surface area contributed by atoms with Crippen LogP contribution in [-0.2, 0) is 16.1 Å². The van der Waals surface area contributed by atoms with E-state index in [0.717, 1.165) is 5.56 Å². The number of ether oxygens (including phenoxy) is 1. The van der Waals surface area contributed by atoms with Gasteiger partial charge in [-0.25, -0.2) is 0 Å². The van der Waals surface area contributed by atoms with Crippen molar-refractivity contribution in [1.82, 2.24) is 5.27 Å². The van der Waals surface area contributed by atoms with Crippen LogP contribution in [0.1, 0.15) is 18.4 Å². The molecule has 1 heterocycles. The second-order valence-electron chi connectivity index (χ2n) is 4.00. The Morgan fingerprint density at radius 2 is 2.21 bits per heavy atom. The highest BCUT2D eigenvalue weighted by atomic mass is 16.5. The summed E-state index contributed by atoms with van der Waals surface area (Å²) in [6.07, 6.45) is 1.43. The van der Waals surface area contributed by atoms with Gasteiger partial charge in [-0.2, -0.15) is 0 Å². The van der Waals surface area contributed by atoms with Crippen LogP contribution in [0.5, 0.6) is 0 Å². The maximum Gasteiger partial charge on any atom is 0.320 e.